The second-order valence-corrected chi connectivity index (χ2v) is 4.96. The first-order valence-corrected chi connectivity index (χ1v) is 6.84. The second kappa shape index (κ2) is 5.96. The molecule has 0 amide bonds. The number of nitrogens with zero attached hydrogens (tertiary/aromatic N) is 3. The molecule has 0 aliphatic rings. The van der Waals surface area contributed by atoms with Crippen LogP contribution in [-0.2, 0) is 10.8 Å². The molecule has 25 heavy (non-hydrogen) atoms. The lowest BCUT2D eigenvalue weighted by atomic mass is 10.1. The quantitative estimate of drug-likeness (QED) is 0.661. The van der Waals surface area contributed by atoms with Crippen molar-refractivity contribution in [3.05, 3.63) is 48.4 Å². The van der Waals surface area contributed by atoms with Crippen LogP contribution in [-0.4, -0.2) is 28.1 Å². The lowest BCUT2D eigenvalue weighted by Crippen LogP contribution is -2.19. The van der Waals surface area contributed by atoms with Crippen molar-refractivity contribution in [2.45, 2.75) is 12.5 Å². The van der Waals surface area contributed by atoms with Crippen LogP contribution in [0.3, 0.4) is 0 Å². The zero-order valence-electron chi connectivity index (χ0n) is 12.6. The third kappa shape index (κ3) is 3.53. The first kappa shape index (κ1) is 17.1. The predicted octanol–water partition coefficient (Wildman–Crippen LogP) is 3.99. The molecule has 0 saturated carbocycles. The summed E-state index contributed by atoms with van der Waals surface area (Å²) >= 11 is 0. The minimum absolute atomic E-state index is 0.174. The highest BCUT2D eigenvalue weighted by molar-refractivity contribution is 5.65. The van der Waals surface area contributed by atoms with E-state index in [2.05, 4.69) is 19.7 Å². The molecular formula is C15H10F5N3O2. The predicted molar refractivity (Wildman–Crippen MR) is 76.0 cm³/mol. The van der Waals surface area contributed by atoms with Gasteiger partial charge >= 0.3 is 12.5 Å². The van der Waals surface area contributed by atoms with Crippen molar-refractivity contribution < 1.29 is 31.4 Å². The van der Waals surface area contributed by atoms with Gasteiger partial charge in [0.2, 0.25) is 5.82 Å². The molecule has 1 aromatic carbocycles. The third-order valence-electron chi connectivity index (χ3n) is 3.34. The molecule has 0 spiro atoms. The Morgan fingerprint density at radius 2 is 1.52 bits per heavy atom. The van der Waals surface area contributed by atoms with E-state index in [0.717, 1.165) is 23.6 Å². The van der Waals surface area contributed by atoms with Gasteiger partial charge in [0, 0.05) is 13.3 Å². The van der Waals surface area contributed by atoms with Gasteiger partial charge in [0.15, 0.2) is 5.65 Å². The first-order valence-electron chi connectivity index (χ1n) is 6.84. The highest BCUT2D eigenvalue weighted by Gasteiger charge is 2.37. The van der Waals surface area contributed by atoms with Gasteiger partial charge in [0.25, 0.3) is 0 Å². The van der Waals surface area contributed by atoms with E-state index in [0.29, 0.717) is 11.1 Å². The van der Waals surface area contributed by atoms with Gasteiger partial charge in [-0.2, -0.15) is 8.78 Å². The average Bonchev–Trinajstić information content (AvgIpc) is 2.98. The summed E-state index contributed by atoms with van der Waals surface area (Å²) in [6, 6.07) is 8.05. The molecule has 0 radical (unpaired) electrons. The highest BCUT2D eigenvalue weighted by atomic mass is 19.4. The Balaban J connectivity index is 1.98. The summed E-state index contributed by atoms with van der Waals surface area (Å²) in [4.78, 5) is 0. The standard InChI is InChI=1S/C15H10F5N3O2/c1-24-14(16,17)13-22-21-12-7-4-10(8-23(12)13)9-2-5-11(6-3-9)25-15(18,19)20/h2-8H,1H3. The molecule has 0 fully saturated rings. The topological polar surface area (TPSA) is 48.7 Å². The normalized spacial score (nSPS) is 12.6. The Labute approximate surface area is 137 Å². The minimum atomic E-state index is -4.79. The number of hydrogen-bond donors (Lipinski definition) is 0. The molecule has 0 atom stereocenters. The fraction of sp³-hybridized carbons (Fsp3) is 0.200. The van der Waals surface area contributed by atoms with Gasteiger partial charge in [-0.15, -0.1) is 23.4 Å². The van der Waals surface area contributed by atoms with E-state index in [9.17, 15) is 22.0 Å². The molecule has 0 aliphatic carbocycles. The molecule has 0 aliphatic heterocycles. The van der Waals surface area contributed by atoms with Crippen molar-refractivity contribution in [3.63, 3.8) is 0 Å². The summed E-state index contributed by atoms with van der Waals surface area (Å²) in [7, 11) is 0.838. The van der Waals surface area contributed by atoms with Gasteiger partial charge in [0.1, 0.15) is 5.75 Å². The zero-order chi connectivity index (χ0) is 18.2. The Morgan fingerprint density at radius 1 is 0.880 bits per heavy atom. The van der Waals surface area contributed by atoms with Crippen molar-refractivity contribution in [1.29, 1.82) is 0 Å². The summed E-state index contributed by atoms with van der Waals surface area (Å²) in [5, 5.41) is 7.05. The summed E-state index contributed by atoms with van der Waals surface area (Å²) in [5.41, 5.74) is 1.14. The van der Waals surface area contributed by atoms with Crippen LogP contribution in [0.15, 0.2) is 42.6 Å². The lowest BCUT2D eigenvalue weighted by Gasteiger charge is -2.12. The maximum atomic E-state index is 13.7. The number of rotatable bonds is 4. The molecule has 2 aromatic heterocycles. The molecule has 3 rings (SSSR count). The van der Waals surface area contributed by atoms with Crippen LogP contribution in [0.4, 0.5) is 22.0 Å². The van der Waals surface area contributed by atoms with E-state index in [1.54, 1.807) is 6.07 Å². The van der Waals surface area contributed by atoms with E-state index in [1.165, 1.54) is 24.4 Å². The number of halogens is 5. The number of aromatic nitrogens is 3. The van der Waals surface area contributed by atoms with Crippen molar-refractivity contribution in [2.75, 3.05) is 7.11 Å². The van der Waals surface area contributed by atoms with Crippen molar-refractivity contribution in [1.82, 2.24) is 14.6 Å². The number of fused-ring (bicyclic) bond motifs is 1. The Bertz CT molecular complexity index is 890. The number of ether oxygens (including phenoxy) is 2. The minimum Gasteiger partial charge on any atom is -0.406 e. The number of hydrogen-bond acceptors (Lipinski definition) is 4. The van der Waals surface area contributed by atoms with Gasteiger partial charge in [0.05, 0.1) is 0 Å². The number of methoxy groups -OCH3 is 1. The summed E-state index contributed by atoms with van der Waals surface area (Å²) in [6.07, 6.45) is -7.08. The summed E-state index contributed by atoms with van der Waals surface area (Å²) < 4.78 is 72.9. The fourth-order valence-corrected chi connectivity index (χ4v) is 2.20. The van der Waals surface area contributed by atoms with Gasteiger partial charge < -0.3 is 9.47 Å². The van der Waals surface area contributed by atoms with Gasteiger partial charge in [-0.1, -0.05) is 12.1 Å². The Morgan fingerprint density at radius 3 is 2.12 bits per heavy atom. The molecule has 5 nitrogen and oxygen atoms in total. The Hall–Kier alpha value is -2.75. The summed E-state index contributed by atoms with van der Waals surface area (Å²) in [5.74, 6) is -1.09. The molecule has 2 heterocycles. The molecular weight excluding hydrogens is 349 g/mol. The number of alkyl halides is 5. The van der Waals surface area contributed by atoms with E-state index in [-0.39, 0.29) is 11.4 Å². The SMILES string of the molecule is COC(F)(F)c1nnc2ccc(-c3ccc(OC(F)(F)F)cc3)cn12. The molecule has 132 valence electrons. The van der Waals surface area contributed by atoms with Crippen molar-refractivity contribution in [2.24, 2.45) is 0 Å². The maximum absolute atomic E-state index is 13.7. The number of pyridine rings is 1. The largest absolute Gasteiger partial charge is 0.573 e. The van der Waals surface area contributed by atoms with E-state index >= 15 is 0 Å². The molecule has 10 heteroatoms. The van der Waals surface area contributed by atoms with E-state index in [1.807, 2.05) is 0 Å². The average molecular weight is 359 g/mol. The first-order chi connectivity index (χ1) is 11.7. The van der Waals surface area contributed by atoms with Gasteiger partial charge in [-0.3, -0.25) is 4.40 Å². The molecule has 0 N–H and O–H groups in total. The van der Waals surface area contributed by atoms with Crippen molar-refractivity contribution in [3.8, 4) is 16.9 Å². The maximum Gasteiger partial charge on any atom is 0.573 e. The van der Waals surface area contributed by atoms with Crippen LogP contribution >= 0.6 is 0 Å². The number of benzene rings is 1. The van der Waals surface area contributed by atoms with Crippen LogP contribution in [0.2, 0.25) is 0 Å². The van der Waals surface area contributed by atoms with Crippen LogP contribution in [0.5, 0.6) is 5.75 Å². The fourth-order valence-electron chi connectivity index (χ4n) is 2.20. The van der Waals surface area contributed by atoms with Crippen molar-refractivity contribution >= 4 is 5.65 Å². The Kier molecular flexibility index (Phi) is 4.07. The monoisotopic (exact) mass is 359 g/mol. The van der Waals surface area contributed by atoms with Gasteiger partial charge in [-0.05, 0) is 35.4 Å². The van der Waals surface area contributed by atoms with Crippen LogP contribution < -0.4 is 4.74 Å². The van der Waals surface area contributed by atoms with E-state index in [4.69, 9.17) is 0 Å². The molecule has 0 saturated heterocycles. The molecule has 3 aromatic rings. The second-order valence-electron chi connectivity index (χ2n) is 4.96. The van der Waals surface area contributed by atoms with Crippen LogP contribution in [0, 0.1) is 0 Å². The molecule has 0 unspecified atom stereocenters. The molecule has 0 bridgehead atoms. The summed E-state index contributed by atoms with van der Waals surface area (Å²) in [6.45, 7) is 0. The zero-order valence-corrected chi connectivity index (χ0v) is 12.6. The lowest BCUT2D eigenvalue weighted by molar-refractivity contribution is -0.274. The van der Waals surface area contributed by atoms with E-state index < -0.39 is 18.3 Å². The van der Waals surface area contributed by atoms with Crippen LogP contribution in [0.25, 0.3) is 16.8 Å². The van der Waals surface area contributed by atoms with Crippen LogP contribution in [0.1, 0.15) is 5.82 Å². The third-order valence-corrected chi connectivity index (χ3v) is 3.34. The smallest absolute Gasteiger partial charge is 0.406 e. The van der Waals surface area contributed by atoms with Gasteiger partial charge in [-0.25, -0.2) is 0 Å². The highest BCUT2D eigenvalue weighted by Crippen LogP contribution is 2.30.